The highest BCUT2D eigenvalue weighted by atomic mass is 31.2. The van der Waals surface area contributed by atoms with Crippen LogP contribution in [0.1, 0.15) is 26.2 Å². The van der Waals surface area contributed by atoms with Crippen molar-refractivity contribution in [3.05, 3.63) is 116 Å². The number of hydrogen-bond acceptors (Lipinski definition) is 8. The van der Waals surface area contributed by atoms with Crippen LogP contribution in [0.25, 0.3) is 0 Å². The highest BCUT2D eigenvalue weighted by molar-refractivity contribution is 7.95. The predicted molar refractivity (Wildman–Crippen MR) is 193 cm³/mol. The van der Waals surface area contributed by atoms with Crippen LogP contribution in [0.3, 0.4) is 0 Å². The second-order valence-corrected chi connectivity index (χ2v) is 15.1. The number of rotatable bonds is 24. The van der Waals surface area contributed by atoms with Gasteiger partial charge in [0.1, 0.15) is 35.4 Å². The van der Waals surface area contributed by atoms with E-state index in [2.05, 4.69) is 92.9 Å². The lowest BCUT2D eigenvalue weighted by Crippen LogP contribution is -2.40. The number of ether oxygens (including phenoxy) is 5. The van der Waals surface area contributed by atoms with Crippen molar-refractivity contribution in [2.45, 2.75) is 32.3 Å². The van der Waals surface area contributed by atoms with Gasteiger partial charge >= 0.3 is 11.9 Å². The van der Waals surface area contributed by atoms with E-state index in [9.17, 15) is 14.7 Å². The van der Waals surface area contributed by atoms with Crippen molar-refractivity contribution >= 4 is 35.1 Å². The molecule has 0 aromatic heterocycles. The molecular weight excluding hydrogens is 627 g/mol. The van der Waals surface area contributed by atoms with Gasteiger partial charge in [0.05, 0.1) is 39.6 Å². The first-order valence-corrected chi connectivity index (χ1v) is 18.4. The summed E-state index contributed by atoms with van der Waals surface area (Å²) < 4.78 is 28.5. The molecule has 0 bridgehead atoms. The maximum Gasteiger partial charge on any atom is 0.330 e. The lowest BCUT2D eigenvalue weighted by Gasteiger charge is -2.33. The molecule has 0 aliphatic rings. The van der Waals surface area contributed by atoms with Gasteiger partial charge in [0.15, 0.2) is 0 Å². The largest absolute Gasteiger partial charge is 0.462 e. The summed E-state index contributed by atoms with van der Waals surface area (Å²) in [6.07, 6.45) is 3.83. The van der Waals surface area contributed by atoms with Crippen LogP contribution in [0.15, 0.2) is 116 Å². The molecule has 0 radical (unpaired) electrons. The molecule has 0 saturated heterocycles. The molecule has 1 N–H and O–H groups in total. The Bertz CT molecular complexity index is 1240. The maximum atomic E-state index is 11.7. The number of hydrogen-bond donors (Lipinski definition) is 1. The number of benzene rings is 3. The molecule has 3 rings (SSSR count). The summed E-state index contributed by atoms with van der Waals surface area (Å²) in [6, 6.07) is 31.4. The van der Waals surface area contributed by atoms with Gasteiger partial charge in [0.25, 0.3) is 0 Å². The van der Waals surface area contributed by atoms with Crippen molar-refractivity contribution in [2.24, 2.45) is 5.41 Å². The van der Waals surface area contributed by atoms with Gasteiger partial charge in [-0.1, -0.05) is 74.7 Å². The summed E-state index contributed by atoms with van der Waals surface area (Å²) in [6.45, 7) is 11.3. The van der Waals surface area contributed by atoms with Gasteiger partial charge in [0.2, 0.25) is 0 Å². The average Bonchev–Trinajstić information content (AvgIpc) is 3.13. The molecule has 0 fully saturated rings. The second kappa shape index (κ2) is 21.3. The number of aliphatic hydroxyl groups excluding tert-OH is 1. The number of carbonyl (C=O) groups excluding carboxylic acids is 2. The third-order valence-corrected chi connectivity index (χ3v) is 12.6. The van der Waals surface area contributed by atoms with Crippen LogP contribution < -0.4 is 15.9 Å². The van der Waals surface area contributed by atoms with Gasteiger partial charge in [0, 0.05) is 43.6 Å². The molecule has 0 aliphatic heterocycles. The van der Waals surface area contributed by atoms with Crippen LogP contribution >= 0.6 is 7.26 Å². The van der Waals surface area contributed by atoms with Gasteiger partial charge < -0.3 is 28.8 Å². The van der Waals surface area contributed by atoms with Gasteiger partial charge in [-0.2, -0.15) is 0 Å². The monoisotopic (exact) mass is 677 g/mol. The fraction of sp³-hybridized carbons (Fsp3) is 0.385. The summed E-state index contributed by atoms with van der Waals surface area (Å²) >= 11 is 0. The van der Waals surface area contributed by atoms with E-state index in [-0.39, 0.29) is 19.8 Å². The quantitative estimate of drug-likeness (QED) is 0.0611. The van der Waals surface area contributed by atoms with Gasteiger partial charge in [-0.25, -0.2) is 9.59 Å². The van der Waals surface area contributed by atoms with Crippen LogP contribution in [0.5, 0.6) is 0 Å². The first kappa shape index (κ1) is 38.8. The van der Waals surface area contributed by atoms with E-state index in [1.807, 2.05) is 18.2 Å². The van der Waals surface area contributed by atoms with Crippen LogP contribution in [0.2, 0.25) is 0 Å². The third kappa shape index (κ3) is 12.1. The normalized spacial score (nSPS) is 12.2. The van der Waals surface area contributed by atoms with Crippen molar-refractivity contribution in [1.82, 2.24) is 0 Å². The fourth-order valence-corrected chi connectivity index (χ4v) is 9.69. The van der Waals surface area contributed by atoms with Crippen LogP contribution in [-0.2, 0) is 33.3 Å². The zero-order valence-electron chi connectivity index (χ0n) is 28.0. The summed E-state index contributed by atoms with van der Waals surface area (Å²) in [5.41, 5.74) is -0.486. The average molecular weight is 678 g/mol. The van der Waals surface area contributed by atoms with E-state index in [1.165, 1.54) is 15.9 Å². The summed E-state index contributed by atoms with van der Waals surface area (Å²) in [7, 11) is -2.24. The molecule has 3 aromatic carbocycles. The summed E-state index contributed by atoms with van der Waals surface area (Å²) in [5, 5.41) is 15.3. The van der Waals surface area contributed by atoms with Crippen molar-refractivity contribution in [2.75, 3.05) is 59.0 Å². The van der Waals surface area contributed by atoms with Gasteiger partial charge in [-0.15, -0.1) is 0 Å². The topological polar surface area (TPSA) is 101 Å². The Balaban J connectivity index is 1.71. The van der Waals surface area contributed by atoms with Crippen molar-refractivity contribution in [3.63, 3.8) is 0 Å². The minimum atomic E-state index is -2.24. The molecule has 0 heterocycles. The van der Waals surface area contributed by atoms with Gasteiger partial charge in [-0.05, 0) is 42.8 Å². The maximum absolute atomic E-state index is 11.7. The lowest BCUT2D eigenvalue weighted by atomic mass is 9.88. The number of esters is 2. The van der Waals surface area contributed by atoms with Crippen molar-refractivity contribution in [1.29, 1.82) is 0 Å². The molecule has 9 heteroatoms. The highest BCUT2D eigenvalue weighted by Gasteiger charge is 2.47. The molecule has 0 saturated carbocycles. The molecule has 3 aromatic rings. The van der Waals surface area contributed by atoms with Crippen LogP contribution in [0, 0.1) is 5.41 Å². The van der Waals surface area contributed by atoms with Crippen LogP contribution in [0.4, 0.5) is 0 Å². The standard InChI is InChI=1S/C39H50O8P/c1-4-37(41)46-26-16-24-43-30-39(6-3,31-44-25-17-27-47-38(42)5-2)32-45-28-33(40)29-48(34-18-10-7-11-19-34,35-20-12-8-13-21-35)36-22-14-9-15-23-36/h4-5,7-15,18-23,33,40H,1-2,6,16-17,24-32H2,3H3/q+1. The highest BCUT2D eigenvalue weighted by Crippen LogP contribution is 2.55. The van der Waals surface area contributed by atoms with E-state index in [0.717, 1.165) is 12.2 Å². The minimum Gasteiger partial charge on any atom is -0.462 e. The molecule has 0 spiro atoms. The molecule has 0 amide bonds. The van der Waals surface area contributed by atoms with E-state index in [4.69, 9.17) is 23.7 Å². The molecular formula is C39H50O8P+. The predicted octanol–water partition coefficient (Wildman–Crippen LogP) is 5.03. The molecule has 1 unspecified atom stereocenters. The van der Waals surface area contributed by atoms with E-state index >= 15 is 0 Å². The van der Waals surface area contributed by atoms with Gasteiger partial charge in [-0.3, -0.25) is 0 Å². The molecule has 8 nitrogen and oxygen atoms in total. The Morgan fingerprint density at radius 1 is 0.688 bits per heavy atom. The zero-order chi connectivity index (χ0) is 34.5. The number of aliphatic hydroxyl groups is 1. The Morgan fingerprint density at radius 2 is 1.08 bits per heavy atom. The lowest BCUT2D eigenvalue weighted by molar-refractivity contribution is -0.139. The fourth-order valence-electron chi connectivity index (χ4n) is 5.39. The Kier molecular flexibility index (Phi) is 17.3. The second-order valence-electron chi connectivity index (χ2n) is 11.6. The molecule has 258 valence electrons. The smallest absolute Gasteiger partial charge is 0.330 e. The van der Waals surface area contributed by atoms with E-state index < -0.39 is 30.7 Å². The molecule has 0 aliphatic carbocycles. The minimum absolute atomic E-state index is 0.144. The first-order chi connectivity index (χ1) is 23.4. The molecule has 1 atom stereocenters. The van der Waals surface area contributed by atoms with E-state index in [1.54, 1.807) is 0 Å². The summed E-state index contributed by atoms with van der Waals surface area (Å²) in [5.74, 6) is -0.925. The SMILES string of the molecule is C=CC(=O)OCCCOCC(CC)(COCCCOC(=O)C=C)COCC(O)C[P+](c1ccccc1)(c1ccccc1)c1ccccc1. The Morgan fingerprint density at radius 3 is 1.46 bits per heavy atom. The zero-order valence-corrected chi connectivity index (χ0v) is 28.9. The number of carbonyl (C=O) groups is 2. The molecule has 48 heavy (non-hydrogen) atoms. The first-order valence-electron chi connectivity index (χ1n) is 16.4. The van der Waals surface area contributed by atoms with Crippen LogP contribution in [-0.4, -0.2) is 82.2 Å². The van der Waals surface area contributed by atoms with Crippen molar-refractivity contribution in [3.8, 4) is 0 Å². The van der Waals surface area contributed by atoms with Crippen molar-refractivity contribution < 1.29 is 38.4 Å². The van der Waals surface area contributed by atoms with E-state index in [0.29, 0.717) is 58.5 Å². The Hall–Kier alpha value is -3.65. The Labute approximate surface area is 286 Å². The third-order valence-electron chi connectivity index (χ3n) is 8.05. The summed E-state index contributed by atoms with van der Waals surface area (Å²) in [4.78, 5) is 22.7.